The molecular formula is C25H28N2O3S. The number of carbonyl (C=O) groups excluding carboxylic acids is 1. The average Bonchev–Trinajstić information content (AvgIpc) is 2.72. The van der Waals surface area contributed by atoms with Crippen LogP contribution in [0.4, 0.5) is 5.69 Å². The van der Waals surface area contributed by atoms with Crippen LogP contribution in [0.3, 0.4) is 0 Å². The van der Waals surface area contributed by atoms with Gasteiger partial charge in [-0.25, -0.2) is 8.42 Å². The summed E-state index contributed by atoms with van der Waals surface area (Å²) in [5.41, 5.74) is 4.65. The lowest BCUT2D eigenvalue weighted by Crippen LogP contribution is -2.41. The van der Waals surface area contributed by atoms with E-state index in [1.165, 1.54) is 0 Å². The fourth-order valence-corrected chi connectivity index (χ4v) is 4.97. The first-order valence-corrected chi connectivity index (χ1v) is 11.6. The van der Waals surface area contributed by atoms with Crippen LogP contribution in [0, 0.1) is 20.8 Å². The van der Waals surface area contributed by atoms with Crippen LogP contribution in [0.1, 0.15) is 35.2 Å². The standard InChI is InChI=1S/C25H28N2O3S/c1-18-10-13-23(14-11-18)31(29,30)27(22-8-6-5-7-9-22)17-25(28)26-21(4)24-15-12-19(2)16-20(24)3/h5-16,21H,17H2,1-4H3,(H,26,28). The van der Waals surface area contributed by atoms with E-state index in [2.05, 4.69) is 11.4 Å². The van der Waals surface area contributed by atoms with Crippen molar-refractivity contribution in [3.05, 3.63) is 95.1 Å². The van der Waals surface area contributed by atoms with Crippen molar-refractivity contribution in [3.63, 3.8) is 0 Å². The van der Waals surface area contributed by atoms with Gasteiger partial charge >= 0.3 is 0 Å². The van der Waals surface area contributed by atoms with E-state index in [0.29, 0.717) is 5.69 Å². The van der Waals surface area contributed by atoms with E-state index in [-0.39, 0.29) is 23.4 Å². The van der Waals surface area contributed by atoms with Crippen LogP contribution in [-0.4, -0.2) is 20.9 Å². The van der Waals surface area contributed by atoms with Gasteiger partial charge < -0.3 is 5.32 Å². The van der Waals surface area contributed by atoms with Crippen molar-refractivity contribution in [2.24, 2.45) is 0 Å². The number of hydrogen-bond donors (Lipinski definition) is 1. The Kier molecular flexibility index (Phi) is 6.81. The predicted octanol–water partition coefficient (Wildman–Crippen LogP) is 4.68. The molecule has 1 N–H and O–H groups in total. The molecule has 3 aromatic rings. The van der Waals surface area contributed by atoms with Crippen molar-refractivity contribution in [1.29, 1.82) is 0 Å². The molecule has 0 aliphatic rings. The summed E-state index contributed by atoms with van der Waals surface area (Å²) in [6.07, 6.45) is 0. The second-order valence-corrected chi connectivity index (χ2v) is 9.67. The highest BCUT2D eigenvalue weighted by molar-refractivity contribution is 7.92. The minimum absolute atomic E-state index is 0.150. The number of benzene rings is 3. The number of nitrogens with one attached hydrogen (secondary N) is 1. The highest BCUT2D eigenvalue weighted by atomic mass is 32.2. The Labute approximate surface area is 184 Å². The maximum Gasteiger partial charge on any atom is 0.264 e. The molecule has 162 valence electrons. The number of anilines is 1. The molecule has 0 bridgehead atoms. The van der Waals surface area contributed by atoms with Crippen molar-refractivity contribution >= 4 is 21.6 Å². The molecule has 0 saturated heterocycles. The number of hydrogen-bond acceptors (Lipinski definition) is 3. The van der Waals surface area contributed by atoms with Gasteiger partial charge in [0, 0.05) is 0 Å². The van der Waals surface area contributed by atoms with E-state index < -0.39 is 10.0 Å². The zero-order valence-corrected chi connectivity index (χ0v) is 19.1. The third kappa shape index (κ3) is 5.33. The molecule has 0 heterocycles. The summed E-state index contributed by atoms with van der Waals surface area (Å²) < 4.78 is 27.9. The van der Waals surface area contributed by atoms with Crippen molar-refractivity contribution in [2.75, 3.05) is 10.8 Å². The Bertz CT molecular complexity index is 1160. The molecule has 1 atom stereocenters. The number of para-hydroxylation sites is 1. The SMILES string of the molecule is Cc1ccc(S(=O)(=O)N(CC(=O)NC(C)c2ccc(C)cc2C)c2ccccc2)cc1. The van der Waals surface area contributed by atoms with Crippen LogP contribution in [0.2, 0.25) is 0 Å². The summed E-state index contributed by atoms with van der Waals surface area (Å²) in [4.78, 5) is 13.1. The van der Waals surface area contributed by atoms with Gasteiger partial charge in [-0.2, -0.15) is 0 Å². The highest BCUT2D eigenvalue weighted by Crippen LogP contribution is 2.24. The molecule has 0 fully saturated rings. The number of rotatable bonds is 7. The lowest BCUT2D eigenvalue weighted by atomic mass is 10.0. The van der Waals surface area contributed by atoms with Crippen LogP contribution in [-0.2, 0) is 14.8 Å². The minimum Gasteiger partial charge on any atom is -0.348 e. The van der Waals surface area contributed by atoms with Gasteiger partial charge in [-0.1, -0.05) is 59.7 Å². The predicted molar refractivity (Wildman–Crippen MR) is 125 cm³/mol. The molecule has 0 aliphatic heterocycles. The van der Waals surface area contributed by atoms with Crippen LogP contribution in [0.15, 0.2) is 77.7 Å². The maximum absolute atomic E-state index is 13.4. The quantitative estimate of drug-likeness (QED) is 0.585. The molecule has 3 rings (SSSR count). The fourth-order valence-electron chi connectivity index (χ4n) is 3.55. The molecule has 31 heavy (non-hydrogen) atoms. The van der Waals surface area contributed by atoms with Gasteiger partial charge in [-0.15, -0.1) is 0 Å². The molecular weight excluding hydrogens is 408 g/mol. The summed E-state index contributed by atoms with van der Waals surface area (Å²) in [5.74, 6) is -0.369. The van der Waals surface area contributed by atoms with Crippen molar-refractivity contribution in [2.45, 2.75) is 38.6 Å². The summed E-state index contributed by atoms with van der Waals surface area (Å²) >= 11 is 0. The third-order valence-corrected chi connectivity index (χ3v) is 7.00. The third-order valence-electron chi connectivity index (χ3n) is 5.21. The Balaban J connectivity index is 1.87. The first kappa shape index (κ1) is 22.6. The Hall–Kier alpha value is -3.12. The molecule has 5 nitrogen and oxygen atoms in total. The van der Waals surface area contributed by atoms with E-state index >= 15 is 0 Å². The highest BCUT2D eigenvalue weighted by Gasteiger charge is 2.27. The van der Waals surface area contributed by atoms with Gasteiger partial charge in [0.05, 0.1) is 16.6 Å². The van der Waals surface area contributed by atoms with E-state index in [9.17, 15) is 13.2 Å². The number of amides is 1. The number of nitrogens with zero attached hydrogens (tertiary/aromatic N) is 1. The zero-order valence-electron chi connectivity index (χ0n) is 18.3. The van der Waals surface area contributed by atoms with E-state index in [1.807, 2.05) is 45.9 Å². The molecule has 0 aromatic heterocycles. The smallest absolute Gasteiger partial charge is 0.264 e. The Morgan fingerprint density at radius 2 is 1.52 bits per heavy atom. The normalized spacial score (nSPS) is 12.3. The molecule has 0 radical (unpaired) electrons. The van der Waals surface area contributed by atoms with Crippen molar-refractivity contribution < 1.29 is 13.2 Å². The molecule has 0 spiro atoms. The molecule has 1 unspecified atom stereocenters. The van der Waals surface area contributed by atoms with E-state index in [0.717, 1.165) is 26.6 Å². The fraction of sp³-hybridized carbons (Fsp3) is 0.240. The summed E-state index contributed by atoms with van der Waals surface area (Å²) in [6, 6.07) is 21.1. The number of aryl methyl sites for hydroxylation is 3. The van der Waals surface area contributed by atoms with Crippen molar-refractivity contribution in [3.8, 4) is 0 Å². The Morgan fingerprint density at radius 1 is 0.903 bits per heavy atom. The average molecular weight is 437 g/mol. The Morgan fingerprint density at radius 3 is 2.13 bits per heavy atom. The largest absolute Gasteiger partial charge is 0.348 e. The molecule has 6 heteroatoms. The topological polar surface area (TPSA) is 66.5 Å². The second-order valence-electron chi connectivity index (χ2n) is 7.81. The number of carbonyl (C=O) groups is 1. The first-order chi connectivity index (χ1) is 14.7. The molecule has 0 aliphatic carbocycles. The van der Waals surface area contributed by atoms with E-state index in [1.54, 1.807) is 48.5 Å². The zero-order chi connectivity index (χ0) is 22.6. The van der Waals surface area contributed by atoms with E-state index in [4.69, 9.17) is 0 Å². The van der Waals surface area contributed by atoms with Crippen LogP contribution in [0.5, 0.6) is 0 Å². The monoisotopic (exact) mass is 436 g/mol. The summed E-state index contributed by atoms with van der Waals surface area (Å²) in [6.45, 7) is 7.51. The first-order valence-electron chi connectivity index (χ1n) is 10.2. The van der Waals surface area contributed by atoms with Gasteiger partial charge in [-0.3, -0.25) is 9.10 Å². The van der Waals surface area contributed by atoms with Crippen LogP contribution in [0.25, 0.3) is 0 Å². The molecule has 1 amide bonds. The van der Waals surface area contributed by atoms with Crippen LogP contribution >= 0.6 is 0 Å². The van der Waals surface area contributed by atoms with Gasteiger partial charge in [0.2, 0.25) is 5.91 Å². The summed E-state index contributed by atoms with van der Waals surface area (Å²) in [7, 11) is -3.91. The van der Waals surface area contributed by atoms with Gasteiger partial charge in [-0.05, 0) is 63.1 Å². The van der Waals surface area contributed by atoms with Gasteiger partial charge in [0.15, 0.2) is 0 Å². The molecule has 3 aromatic carbocycles. The molecule has 0 saturated carbocycles. The van der Waals surface area contributed by atoms with Gasteiger partial charge in [0.25, 0.3) is 10.0 Å². The summed E-state index contributed by atoms with van der Waals surface area (Å²) in [5, 5.41) is 2.94. The van der Waals surface area contributed by atoms with Crippen LogP contribution < -0.4 is 9.62 Å². The number of sulfonamides is 1. The second kappa shape index (κ2) is 9.35. The lowest BCUT2D eigenvalue weighted by Gasteiger charge is -2.25. The van der Waals surface area contributed by atoms with Crippen molar-refractivity contribution in [1.82, 2.24) is 5.32 Å². The maximum atomic E-state index is 13.4. The minimum atomic E-state index is -3.91. The van der Waals surface area contributed by atoms with Gasteiger partial charge in [0.1, 0.15) is 6.54 Å². The lowest BCUT2D eigenvalue weighted by molar-refractivity contribution is -0.120.